The molecule has 15 heavy (non-hydrogen) atoms. The molecule has 0 aromatic carbocycles. The van der Waals surface area contributed by atoms with Gasteiger partial charge >= 0.3 is 6.16 Å². The molecule has 0 radical (unpaired) electrons. The van der Waals surface area contributed by atoms with Crippen molar-refractivity contribution < 1.29 is 33.3 Å². The molecular weight excluding hydrogens is 208 g/mol. The highest BCUT2D eigenvalue weighted by Crippen LogP contribution is 1.94. The van der Waals surface area contributed by atoms with E-state index in [4.69, 9.17) is 9.47 Å². The highest BCUT2D eigenvalue weighted by Gasteiger charge is 2.09. The van der Waals surface area contributed by atoms with Crippen molar-refractivity contribution in [2.24, 2.45) is 0 Å². The van der Waals surface area contributed by atoms with Crippen LogP contribution < -0.4 is 0 Å². The molecule has 0 N–H and O–H groups in total. The monoisotopic (exact) mass is 222 g/mol. The molecule has 7 heteroatoms. The number of ether oxygens (including phenoxy) is 5. The van der Waals surface area contributed by atoms with Crippen LogP contribution in [-0.2, 0) is 28.5 Å². The Balaban J connectivity index is 3.52. The van der Waals surface area contributed by atoms with Gasteiger partial charge in [-0.05, 0) is 0 Å². The van der Waals surface area contributed by atoms with Gasteiger partial charge in [0.2, 0.25) is 6.29 Å². The lowest BCUT2D eigenvalue weighted by Crippen LogP contribution is -2.24. The van der Waals surface area contributed by atoms with E-state index in [1.165, 1.54) is 14.2 Å². The number of carbonyl (C=O) groups is 2. The average molecular weight is 222 g/mol. The number of methoxy groups -OCH3 is 2. The van der Waals surface area contributed by atoms with Gasteiger partial charge in [0.1, 0.15) is 13.2 Å². The Bertz CT molecular complexity index is 182. The van der Waals surface area contributed by atoms with Crippen molar-refractivity contribution >= 4 is 12.6 Å². The topological polar surface area (TPSA) is 80.3 Å². The van der Waals surface area contributed by atoms with E-state index in [1.807, 2.05) is 0 Å². The van der Waals surface area contributed by atoms with Gasteiger partial charge in [-0.25, -0.2) is 4.79 Å². The third-order valence-corrected chi connectivity index (χ3v) is 1.28. The lowest BCUT2D eigenvalue weighted by molar-refractivity contribution is -0.177. The first kappa shape index (κ1) is 13.7. The van der Waals surface area contributed by atoms with Crippen molar-refractivity contribution in [2.45, 2.75) is 6.29 Å². The lowest BCUT2D eigenvalue weighted by atomic mass is 10.6. The normalized spacial score (nSPS) is 11.6. The molecule has 0 aliphatic heterocycles. The molecule has 0 bridgehead atoms. The van der Waals surface area contributed by atoms with Crippen LogP contribution in [0.2, 0.25) is 0 Å². The fourth-order valence-electron chi connectivity index (χ4n) is 0.688. The minimum absolute atomic E-state index is 0.00903. The molecule has 0 spiro atoms. The van der Waals surface area contributed by atoms with Crippen LogP contribution in [0.3, 0.4) is 0 Å². The Hall–Kier alpha value is -1.34. The van der Waals surface area contributed by atoms with Gasteiger partial charge < -0.3 is 23.7 Å². The van der Waals surface area contributed by atoms with Gasteiger partial charge in [-0.2, -0.15) is 0 Å². The van der Waals surface area contributed by atoms with Crippen molar-refractivity contribution in [1.82, 2.24) is 0 Å². The summed E-state index contributed by atoms with van der Waals surface area (Å²) >= 11 is 0. The second-order valence-electron chi connectivity index (χ2n) is 2.29. The molecule has 0 aromatic rings. The van der Waals surface area contributed by atoms with Gasteiger partial charge in [-0.15, -0.1) is 0 Å². The lowest BCUT2D eigenvalue weighted by Gasteiger charge is -2.14. The molecule has 1 atom stereocenters. The Morgan fingerprint density at radius 1 is 1.33 bits per heavy atom. The van der Waals surface area contributed by atoms with E-state index < -0.39 is 12.4 Å². The van der Waals surface area contributed by atoms with Crippen LogP contribution in [0.5, 0.6) is 0 Å². The standard InChI is InChI=1S/C8H14O7/c1-11-5-7(15-6-9)13-3-4-14-8(10)12-2/h6-7H,3-5H2,1-2H3. The Morgan fingerprint density at radius 2 is 2.07 bits per heavy atom. The fourth-order valence-corrected chi connectivity index (χ4v) is 0.688. The maximum Gasteiger partial charge on any atom is 0.508 e. The molecule has 7 nitrogen and oxygen atoms in total. The van der Waals surface area contributed by atoms with Crippen molar-refractivity contribution in [3.8, 4) is 0 Å². The van der Waals surface area contributed by atoms with E-state index in [-0.39, 0.29) is 26.3 Å². The maximum atomic E-state index is 10.5. The van der Waals surface area contributed by atoms with E-state index in [9.17, 15) is 9.59 Å². The van der Waals surface area contributed by atoms with Crippen LogP contribution in [-0.4, -0.2) is 53.0 Å². The summed E-state index contributed by atoms with van der Waals surface area (Å²) in [6.45, 7) is 0.452. The zero-order valence-electron chi connectivity index (χ0n) is 8.63. The second kappa shape index (κ2) is 9.22. The van der Waals surface area contributed by atoms with Gasteiger partial charge in [0.15, 0.2) is 0 Å². The summed E-state index contributed by atoms with van der Waals surface area (Å²) in [7, 11) is 2.64. The summed E-state index contributed by atoms with van der Waals surface area (Å²) < 4.78 is 23.0. The van der Waals surface area contributed by atoms with E-state index >= 15 is 0 Å². The summed E-state index contributed by atoms with van der Waals surface area (Å²) in [6.07, 6.45) is -1.59. The third-order valence-electron chi connectivity index (χ3n) is 1.28. The van der Waals surface area contributed by atoms with Crippen molar-refractivity contribution in [3.63, 3.8) is 0 Å². The van der Waals surface area contributed by atoms with Crippen molar-refractivity contribution in [1.29, 1.82) is 0 Å². The Morgan fingerprint density at radius 3 is 2.60 bits per heavy atom. The third kappa shape index (κ3) is 7.71. The Kier molecular flexibility index (Phi) is 8.40. The first-order chi connectivity index (χ1) is 7.24. The zero-order chi connectivity index (χ0) is 11.5. The van der Waals surface area contributed by atoms with Gasteiger partial charge in [0, 0.05) is 7.11 Å². The quantitative estimate of drug-likeness (QED) is 0.246. The smallest absolute Gasteiger partial charge is 0.438 e. The minimum atomic E-state index is -0.797. The SMILES string of the molecule is COCC(OC=O)OCCOC(=O)OC. The number of hydrogen-bond donors (Lipinski definition) is 0. The Labute approximate surface area is 87.2 Å². The van der Waals surface area contributed by atoms with E-state index in [1.54, 1.807) is 0 Å². The maximum absolute atomic E-state index is 10.5. The highest BCUT2D eigenvalue weighted by atomic mass is 16.7. The average Bonchev–Trinajstić information content (AvgIpc) is 2.24. The molecule has 0 aliphatic carbocycles. The molecular formula is C8H14O7. The van der Waals surface area contributed by atoms with Crippen LogP contribution >= 0.6 is 0 Å². The molecule has 0 saturated carbocycles. The van der Waals surface area contributed by atoms with E-state index in [0.717, 1.165) is 0 Å². The van der Waals surface area contributed by atoms with E-state index in [2.05, 4.69) is 14.2 Å². The first-order valence-corrected chi connectivity index (χ1v) is 4.15. The summed E-state index contributed by atoms with van der Waals surface area (Å²) in [6, 6.07) is 0. The zero-order valence-corrected chi connectivity index (χ0v) is 8.63. The van der Waals surface area contributed by atoms with Gasteiger partial charge in [0.25, 0.3) is 6.47 Å². The molecule has 0 saturated heterocycles. The van der Waals surface area contributed by atoms with Gasteiger partial charge in [-0.1, -0.05) is 0 Å². The van der Waals surface area contributed by atoms with E-state index in [0.29, 0.717) is 0 Å². The van der Waals surface area contributed by atoms with Crippen LogP contribution in [0.15, 0.2) is 0 Å². The van der Waals surface area contributed by atoms with Gasteiger partial charge in [-0.3, -0.25) is 4.79 Å². The number of hydrogen-bond acceptors (Lipinski definition) is 7. The molecule has 0 heterocycles. The number of rotatable bonds is 8. The summed E-state index contributed by atoms with van der Waals surface area (Å²) in [5.74, 6) is 0. The molecule has 88 valence electrons. The summed E-state index contributed by atoms with van der Waals surface area (Å²) in [5, 5.41) is 0. The first-order valence-electron chi connectivity index (χ1n) is 4.15. The van der Waals surface area contributed by atoms with Gasteiger partial charge in [0.05, 0.1) is 13.7 Å². The number of carbonyl (C=O) groups excluding carboxylic acids is 2. The molecule has 0 aliphatic rings. The van der Waals surface area contributed by atoms with Crippen molar-refractivity contribution in [2.75, 3.05) is 34.0 Å². The predicted octanol–water partition coefficient (Wildman–Crippen LogP) is -0.0685. The van der Waals surface area contributed by atoms with Crippen LogP contribution in [0.25, 0.3) is 0 Å². The molecule has 0 amide bonds. The van der Waals surface area contributed by atoms with Crippen LogP contribution in [0.4, 0.5) is 4.79 Å². The minimum Gasteiger partial charge on any atom is -0.438 e. The second-order valence-corrected chi connectivity index (χ2v) is 2.29. The van der Waals surface area contributed by atoms with Crippen LogP contribution in [0.1, 0.15) is 0 Å². The van der Waals surface area contributed by atoms with Crippen molar-refractivity contribution in [3.05, 3.63) is 0 Å². The summed E-state index contributed by atoms with van der Waals surface area (Å²) in [5.41, 5.74) is 0. The molecule has 1 unspecified atom stereocenters. The van der Waals surface area contributed by atoms with Crippen LogP contribution in [0, 0.1) is 0 Å². The molecule has 0 fully saturated rings. The highest BCUT2D eigenvalue weighted by molar-refractivity contribution is 5.59. The molecule has 0 aromatic heterocycles. The largest absolute Gasteiger partial charge is 0.508 e. The molecule has 0 rings (SSSR count). The predicted molar refractivity (Wildman–Crippen MR) is 47.1 cm³/mol. The summed E-state index contributed by atoms with van der Waals surface area (Å²) in [4.78, 5) is 20.5. The fraction of sp³-hybridized carbons (Fsp3) is 0.750.